The summed E-state index contributed by atoms with van der Waals surface area (Å²) in [6.45, 7) is 9.26. The molecule has 0 saturated carbocycles. The molecule has 1 fully saturated rings. The number of hydrogen-bond donors (Lipinski definition) is 1. The highest BCUT2D eigenvalue weighted by Gasteiger charge is 2.26. The minimum atomic E-state index is 0.0600. The number of carbonyl (C=O) groups is 1. The molecular weight excluding hydrogens is 320 g/mol. The first-order valence-electron chi connectivity index (χ1n) is 9.66. The van der Waals surface area contributed by atoms with Gasteiger partial charge in [-0.3, -0.25) is 9.69 Å². The highest BCUT2D eigenvalue weighted by molar-refractivity contribution is 5.79. The third-order valence-corrected chi connectivity index (χ3v) is 5.47. The molecule has 3 heteroatoms. The average Bonchev–Trinajstić information content (AvgIpc) is 2.65. The molecule has 26 heavy (non-hydrogen) atoms. The van der Waals surface area contributed by atoms with Crippen molar-refractivity contribution in [3.05, 3.63) is 70.8 Å². The maximum absolute atomic E-state index is 12.7. The number of nitrogens with zero attached hydrogens (tertiary/aromatic N) is 1. The summed E-state index contributed by atoms with van der Waals surface area (Å²) < 4.78 is 0. The number of nitrogens with one attached hydrogen (secondary N) is 1. The lowest BCUT2D eigenvalue weighted by Crippen LogP contribution is -2.41. The van der Waals surface area contributed by atoms with Gasteiger partial charge in [0.05, 0.1) is 6.04 Å². The molecule has 1 aliphatic heterocycles. The summed E-state index contributed by atoms with van der Waals surface area (Å²) in [6, 6.07) is 17.1. The van der Waals surface area contributed by atoms with Gasteiger partial charge in [0, 0.05) is 12.5 Å². The van der Waals surface area contributed by atoms with Crippen molar-refractivity contribution >= 4 is 5.91 Å². The zero-order valence-electron chi connectivity index (χ0n) is 16.2. The molecule has 0 aliphatic carbocycles. The van der Waals surface area contributed by atoms with Gasteiger partial charge in [-0.15, -0.1) is 0 Å². The van der Waals surface area contributed by atoms with Crippen LogP contribution in [-0.2, 0) is 11.3 Å². The molecule has 0 spiro atoms. The van der Waals surface area contributed by atoms with Crippen LogP contribution in [0, 0.1) is 19.8 Å². The van der Waals surface area contributed by atoms with E-state index in [9.17, 15) is 4.79 Å². The molecule has 0 bridgehead atoms. The summed E-state index contributed by atoms with van der Waals surface area (Å²) in [5.41, 5.74) is 5.04. The SMILES string of the molecule is Cc1ccc(C)c([C@H](C)NC(=O)C2CCN(Cc3ccccc3)CC2)c1. The second-order valence-electron chi connectivity index (χ2n) is 7.63. The number of likely N-dealkylation sites (tertiary alicyclic amines) is 1. The Kier molecular flexibility index (Phi) is 6.10. The van der Waals surface area contributed by atoms with Crippen molar-refractivity contribution in [1.29, 1.82) is 0 Å². The van der Waals surface area contributed by atoms with Gasteiger partial charge < -0.3 is 5.32 Å². The van der Waals surface area contributed by atoms with Crippen LogP contribution < -0.4 is 5.32 Å². The van der Waals surface area contributed by atoms with Crippen molar-refractivity contribution in [3.63, 3.8) is 0 Å². The van der Waals surface area contributed by atoms with Crippen LogP contribution >= 0.6 is 0 Å². The summed E-state index contributed by atoms with van der Waals surface area (Å²) in [4.78, 5) is 15.2. The maximum atomic E-state index is 12.7. The molecule has 2 aromatic carbocycles. The minimum absolute atomic E-state index is 0.0600. The van der Waals surface area contributed by atoms with Crippen LogP contribution in [0.1, 0.15) is 48.1 Å². The second-order valence-corrected chi connectivity index (χ2v) is 7.63. The fourth-order valence-corrected chi connectivity index (χ4v) is 3.83. The second kappa shape index (κ2) is 8.50. The van der Waals surface area contributed by atoms with Gasteiger partial charge in [0.1, 0.15) is 0 Å². The maximum Gasteiger partial charge on any atom is 0.223 e. The van der Waals surface area contributed by atoms with Gasteiger partial charge in [-0.25, -0.2) is 0 Å². The van der Waals surface area contributed by atoms with Gasteiger partial charge in [0.2, 0.25) is 5.91 Å². The normalized spacial score (nSPS) is 17.0. The predicted octanol–water partition coefficient (Wildman–Crippen LogP) is 4.39. The van der Waals surface area contributed by atoms with Gasteiger partial charge in [-0.1, -0.05) is 54.1 Å². The summed E-state index contributed by atoms with van der Waals surface area (Å²) in [5, 5.41) is 3.24. The van der Waals surface area contributed by atoms with Crippen LogP contribution in [0.4, 0.5) is 0 Å². The lowest BCUT2D eigenvalue weighted by atomic mass is 9.94. The van der Waals surface area contributed by atoms with E-state index in [1.165, 1.54) is 22.3 Å². The number of rotatable bonds is 5. The zero-order chi connectivity index (χ0) is 18.5. The molecule has 0 radical (unpaired) electrons. The third-order valence-electron chi connectivity index (χ3n) is 5.47. The highest BCUT2D eigenvalue weighted by Crippen LogP contribution is 2.23. The Balaban J connectivity index is 1.51. The molecule has 0 aromatic heterocycles. The fourth-order valence-electron chi connectivity index (χ4n) is 3.83. The van der Waals surface area contributed by atoms with Crippen molar-refractivity contribution < 1.29 is 4.79 Å². The molecule has 3 nitrogen and oxygen atoms in total. The Hall–Kier alpha value is -2.13. The number of aryl methyl sites for hydroxylation is 2. The van der Waals surface area contributed by atoms with Gasteiger partial charge >= 0.3 is 0 Å². The first kappa shape index (κ1) is 18.7. The summed E-state index contributed by atoms with van der Waals surface area (Å²) in [7, 11) is 0. The number of piperidine rings is 1. The molecule has 1 heterocycles. The standard InChI is InChI=1S/C23H30N2O/c1-17-9-10-18(2)22(15-17)19(3)24-23(26)21-11-13-25(14-12-21)16-20-7-5-4-6-8-20/h4-10,15,19,21H,11-14,16H2,1-3H3,(H,24,26)/t19-/m0/s1. The molecule has 138 valence electrons. The average molecular weight is 351 g/mol. The van der Waals surface area contributed by atoms with Crippen LogP contribution in [0.15, 0.2) is 48.5 Å². The fraction of sp³-hybridized carbons (Fsp3) is 0.435. The molecule has 0 unspecified atom stereocenters. The summed E-state index contributed by atoms with van der Waals surface area (Å²) in [5.74, 6) is 0.340. The molecule has 1 amide bonds. The molecule has 1 aliphatic rings. The lowest BCUT2D eigenvalue weighted by molar-refractivity contribution is -0.127. The monoisotopic (exact) mass is 350 g/mol. The smallest absolute Gasteiger partial charge is 0.223 e. The molecular formula is C23H30N2O. The summed E-state index contributed by atoms with van der Waals surface area (Å²) in [6.07, 6.45) is 1.89. The van der Waals surface area contributed by atoms with Crippen molar-refractivity contribution in [3.8, 4) is 0 Å². The highest BCUT2D eigenvalue weighted by atomic mass is 16.1. The van der Waals surface area contributed by atoms with Crippen LogP contribution in [-0.4, -0.2) is 23.9 Å². The Morgan fingerprint density at radius 2 is 1.81 bits per heavy atom. The van der Waals surface area contributed by atoms with Crippen LogP contribution in [0.3, 0.4) is 0 Å². The molecule has 3 rings (SSSR count). The van der Waals surface area contributed by atoms with Crippen molar-refractivity contribution in [1.82, 2.24) is 10.2 Å². The van der Waals surface area contributed by atoms with Gasteiger partial charge in [-0.05, 0) is 63.4 Å². The zero-order valence-corrected chi connectivity index (χ0v) is 16.2. The van der Waals surface area contributed by atoms with E-state index in [-0.39, 0.29) is 17.9 Å². The van der Waals surface area contributed by atoms with E-state index in [1.54, 1.807) is 0 Å². The predicted molar refractivity (Wildman–Crippen MR) is 107 cm³/mol. The Morgan fingerprint density at radius 1 is 1.12 bits per heavy atom. The van der Waals surface area contributed by atoms with E-state index in [1.807, 2.05) is 0 Å². The summed E-state index contributed by atoms with van der Waals surface area (Å²) >= 11 is 0. The van der Waals surface area contributed by atoms with Gasteiger partial charge in [0.25, 0.3) is 0 Å². The number of carbonyl (C=O) groups excluding carboxylic acids is 1. The first-order valence-corrected chi connectivity index (χ1v) is 9.66. The van der Waals surface area contributed by atoms with Crippen LogP contribution in [0.25, 0.3) is 0 Å². The number of benzene rings is 2. The topological polar surface area (TPSA) is 32.3 Å². The van der Waals surface area contributed by atoms with E-state index >= 15 is 0 Å². The molecule has 1 N–H and O–H groups in total. The van der Waals surface area contributed by atoms with Crippen molar-refractivity contribution in [2.45, 2.75) is 46.2 Å². The lowest BCUT2D eigenvalue weighted by Gasteiger charge is -2.32. The van der Waals surface area contributed by atoms with E-state index in [0.29, 0.717) is 0 Å². The van der Waals surface area contributed by atoms with E-state index in [4.69, 9.17) is 0 Å². The third kappa shape index (κ3) is 4.73. The van der Waals surface area contributed by atoms with E-state index < -0.39 is 0 Å². The first-order chi connectivity index (χ1) is 12.5. The van der Waals surface area contributed by atoms with Crippen molar-refractivity contribution in [2.24, 2.45) is 5.92 Å². The Bertz CT molecular complexity index is 733. The van der Waals surface area contributed by atoms with Crippen molar-refractivity contribution in [2.75, 3.05) is 13.1 Å². The van der Waals surface area contributed by atoms with Crippen LogP contribution in [0.2, 0.25) is 0 Å². The number of amides is 1. The van der Waals surface area contributed by atoms with Gasteiger partial charge in [0.15, 0.2) is 0 Å². The molecule has 1 atom stereocenters. The van der Waals surface area contributed by atoms with E-state index in [2.05, 4.69) is 79.5 Å². The Labute approximate surface area is 157 Å². The quantitative estimate of drug-likeness (QED) is 0.867. The minimum Gasteiger partial charge on any atom is -0.349 e. The van der Waals surface area contributed by atoms with Crippen LogP contribution in [0.5, 0.6) is 0 Å². The molecule has 1 saturated heterocycles. The number of hydrogen-bond acceptors (Lipinski definition) is 2. The molecule has 2 aromatic rings. The van der Waals surface area contributed by atoms with E-state index in [0.717, 1.165) is 32.5 Å². The largest absolute Gasteiger partial charge is 0.349 e. The Morgan fingerprint density at radius 3 is 2.50 bits per heavy atom. The van der Waals surface area contributed by atoms with Gasteiger partial charge in [-0.2, -0.15) is 0 Å².